The SMILES string of the molecule is C[C@@H]1CCCN(c2cc(Oc3ccccc3)nc(NC(=S)NC[C@@H]3CCCO3)n2)C1. The summed E-state index contributed by atoms with van der Waals surface area (Å²) in [4.78, 5) is 11.5. The molecule has 2 aliphatic rings. The monoisotopic (exact) mass is 427 g/mol. The number of ether oxygens (including phenoxy) is 2. The first kappa shape index (κ1) is 20.8. The van der Waals surface area contributed by atoms with Gasteiger partial charge in [0, 0.05) is 32.3 Å². The molecule has 0 bridgehead atoms. The summed E-state index contributed by atoms with van der Waals surface area (Å²) in [7, 11) is 0. The molecule has 1 aromatic heterocycles. The van der Waals surface area contributed by atoms with Gasteiger partial charge in [-0.2, -0.15) is 9.97 Å². The maximum atomic E-state index is 6.00. The number of rotatable bonds is 6. The normalized spacial score (nSPS) is 21.3. The lowest BCUT2D eigenvalue weighted by Crippen LogP contribution is -2.36. The van der Waals surface area contributed by atoms with Gasteiger partial charge in [-0.25, -0.2) is 0 Å². The molecule has 0 spiro atoms. The molecule has 7 nitrogen and oxygen atoms in total. The van der Waals surface area contributed by atoms with Gasteiger partial charge in [0.05, 0.1) is 6.10 Å². The molecule has 0 saturated carbocycles. The van der Waals surface area contributed by atoms with E-state index in [1.165, 1.54) is 6.42 Å². The average Bonchev–Trinajstić information content (AvgIpc) is 3.27. The summed E-state index contributed by atoms with van der Waals surface area (Å²) >= 11 is 5.45. The molecule has 0 aliphatic carbocycles. The molecule has 2 aromatic rings. The van der Waals surface area contributed by atoms with E-state index in [1.807, 2.05) is 36.4 Å². The number of para-hydroxylation sites is 1. The Morgan fingerprint density at radius 2 is 2.10 bits per heavy atom. The van der Waals surface area contributed by atoms with E-state index in [1.54, 1.807) is 0 Å². The van der Waals surface area contributed by atoms with E-state index in [-0.39, 0.29) is 6.10 Å². The van der Waals surface area contributed by atoms with Gasteiger partial charge in [-0.1, -0.05) is 25.1 Å². The van der Waals surface area contributed by atoms with E-state index in [9.17, 15) is 0 Å². The zero-order valence-electron chi connectivity index (χ0n) is 17.3. The molecule has 8 heteroatoms. The number of nitrogens with zero attached hydrogens (tertiary/aromatic N) is 3. The van der Waals surface area contributed by atoms with Crippen LogP contribution in [-0.4, -0.2) is 47.4 Å². The lowest BCUT2D eigenvalue weighted by molar-refractivity contribution is 0.114. The summed E-state index contributed by atoms with van der Waals surface area (Å²) in [6, 6.07) is 11.6. The van der Waals surface area contributed by atoms with E-state index in [0.717, 1.165) is 50.5 Å². The number of aromatic nitrogens is 2. The molecule has 2 saturated heterocycles. The first-order valence-corrected chi connectivity index (χ1v) is 11.1. The van der Waals surface area contributed by atoms with Gasteiger partial charge in [0.15, 0.2) is 5.11 Å². The molecule has 2 aliphatic heterocycles. The van der Waals surface area contributed by atoms with Crippen molar-refractivity contribution >= 4 is 29.1 Å². The fourth-order valence-electron chi connectivity index (χ4n) is 3.85. The van der Waals surface area contributed by atoms with Crippen LogP contribution in [0, 0.1) is 5.92 Å². The quantitative estimate of drug-likeness (QED) is 0.671. The Labute approximate surface area is 183 Å². The van der Waals surface area contributed by atoms with Crippen molar-refractivity contribution in [2.45, 2.75) is 38.7 Å². The lowest BCUT2D eigenvalue weighted by Gasteiger charge is -2.32. The van der Waals surface area contributed by atoms with Crippen molar-refractivity contribution < 1.29 is 9.47 Å². The van der Waals surface area contributed by atoms with E-state index in [4.69, 9.17) is 26.7 Å². The molecule has 30 heavy (non-hydrogen) atoms. The highest BCUT2D eigenvalue weighted by molar-refractivity contribution is 7.80. The minimum Gasteiger partial charge on any atom is -0.439 e. The predicted molar refractivity (Wildman–Crippen MR) is 122 cm³/mol. The van der Waals surface area contributed by atoms with E-state index in [0.29, 0.717) is 29.4 Å². The van der Waals surface area contributed by atoms with Crippen LogP contribution >= 0.6 is 12.2 Å². The molecule has 2 N–H and O–H groups in total. The highest BCUT2D eigenvalue weighted by Crippen LogP contribution is 2.27. The minimum absolute atomic E-state index is 0.212. The van der Waals surface area contributed by atoms with Gasteiger partial charge in [0.25, 0.3) is 0 Å². The second-order valence-electron chi connectivity index (χ2n) is 7.97. The lowest BCUT2D eigenvalue weighted by atomic mass is 10.0. The maximum absolute atomic E-state index is 6.00. The van der Waals surface area contributed by atoms with Gasteiger partial charge >= 0.3 is 0 Å². The van der Waals surface area contributed by atoms with Crippen molar-refractivity contribution in [2.24, 2.45) is 5.92 Å². The van der Waals surface area contributed by atoms with Crippen molar-refractivity contribution in [2.75, 3.05) is 36.5 Å². The molecule has 3 heterocycles. The molecule has 1 aromatic carbocycles. The van der Waals surface area contributed by atoms with Crippen molar-refractivity contribution in [1.82, 2.24) is 15.3 Å². The van der Waals surface area contributed by atoms with Crippen LogP contribution in [0.2, 0.25) is 0 Å². The molecular formula is C22H29N5O2S. The summed E-state index contributed by atoms with van der Waals surface area (Å²) in [6.45, 7) is 5.74. The molecule has 0 amide bonds. The van der Waals surface area contributed by atoms with E-state index in [2.05, 4.69) is 27.4 Å². The topological polar surface area (TPSA) is 71.5 Å². The third-order valence-electron chi connectivity index (χ3n) is 5.38. The number of thiocarbonyl (C=S) groups is 1. The zero-order chi connectivity index (χ0) is 20.8. The van der Waals surface area contributed by atoms with Crippen molar-refractivity contribution in [3.05, 3.63) is 36.4 Å². The fourth-order valence-corrected chi connectivity index (χ4v) is 4.02. The summed E-state index contributed by atoms with van der Waals surface area (Å²) in [5.41, 5.74) is 0. The van der Waals surface area contributed by atoms with Crippen LogP contribution < -0.4 is 20.3 Å². The number of anilines is 2. The van der Waals surface area contributed by atoms with Crippen LogP contribution in [0.5, 0.6) is 11.6 Å². The number of benzene rings is 1. The minimum atomic E-state index is 0.212. The second kappa shape index (κ2) is 10.0. The van der Waals surface area contributed by atoms with E-state index < -0.39 is 0 Å². The van der Waals surface area contributed by atoms with Crippen molar-refractivity contribution in [1.29, 1.82) is 0 Å². The van der Waals surface area contributed by atoms with Gasteiger partial charge < -0.3 is 25.0 Å². The second-order valence-corrected chi connectivity index (χ2v) is 8.37. The molecular weight excluding hydrogens is 398 g/mol. The third kappa shape index (κ3) is 5.79. The number of hydrogen-bond acceptors (Lipinski definition) is 6. The van der Waals surface area contributed by atoms with Crippen molar-refractivity contribution in [3.8, 4) is 11.6 Å². The number of piperidine rings is 1. The largest absolute Gasteiger partial charge is 0.439 e. The Balaban J connectivity index is 1.49. The van der Waals surface area contributed by atoms with Gasteiger partial charge in [-0.15, -0.1) is 0 Å². The number of nitrogens with one attached hydrogen (secondary N) is 2. The Hall–Kier alpha value is -2.45. The summed E-state index contributed by atoms with van der Waals surface area (Å²) < 4.78 is 11.6. The molecule has 4 rings (SSSR count). The number of hydrogen-bond donors (Lipinski definition) is 2. The van der Waals surface area contributed by atoms with Gasteiger partial charge in [-0.3, -0.25) is 0 Å². The highest BCUT2D eigenvalue weighted by Gasteiger charge is 2.20. The van der Waals surface area contributed by atoms with E-state index >= 15 is 0 Å². The molecule has 0 radical (unpaired) electrons. The smallest absolute Gasteiger partial charge is 0.234 e. The molecule has 2 atom stereocenters. The van der Waals surface area contributed by atoms with Gasteiger partial charge in [0.1, 0.15) is 11.6 Å². The predicted octanol–water partition coefficient (Wildman–Crippen LogP) is 3.97. The Morgan fingerprint density at radius 3 is 2.87 bits per heavy atom. The summed E-state index contributed by atoms with van der Waals surface area (Å²) in [6.07, 6.45) is 4.78. The van der Waals surface area contributed by atoms with Crippen LogP contribution in [0.1, 0.15) is 32.6 Å². The van der Waals surface area contributed by atoms with Crippen LogP contribution in [0.3, 0.4) is 0 Å². The van der Waals surface area contributed by atoms with Crippen LogP contribution in [-0.2, 0) is 4.74 Å². The molecule has 0 unspecified atom stereocenters. The molecule has 160 valence electrons. The Morgan fingerprint density at radius 1 is 1.23 bits per heavy atom. The standard InChI is InChI=1S/C22H29N5O2S/c1-16-7-5-11-27(15-16)19-13-20(29-17-8-3-2-4-9-17)25-21(24-19)26-22(30)23-14-18-10-6-12-28-18/h2-4,8-9,13,16,18H,5-7,10-12,14-15H2,1H3,(H2,23,24,25,26,30)/t16-,18+/m1/s1. The van der Waals surface area contributed by atoms with Gasteiger partial charge in [0.2, 0.25) is 11.8 Å². The Kier molecular flexibility index (Phi) is 6.96. The zero-order valence-corrected chi connectivity index (χ0v) is 18.2. The first-order chi connectivity index (χ1) is 14.7. The van der Waals surface area contributed by atoms with Crippen molar-refractivity contribution in [3.63, 3.8) is 0 Å². The average molecular weight is 428 g/mol. The Bertz CT molecular complexity index is 845. The van der Waals surface area contributed by atoms with Gasteiger partial charge in [-0.05, 0) is 56.0 Å². The van der Waals surface area contributed by atoms with Crippen LogP contribution in [0.4, 0.5) is 11.8 Å². The van der Waals surface area contributed by atoms with Crippen LogP contribution in [0.25, 0.3) is 0 Å². The first-order valence-electron chi connectivity index (χ1n) is 10.7. The highest BCUT2D eigenvalue weighted by atomic mass is 32.1. The molecule has 2 fully saturated rings. The summed E-state index contributed by atoms with van der Waals surface area (Å²) in [5.74, 6) is 3.15. The fraction of sp³-hybridized carbons (Fsp3) is 0.500. The summed E-state index contributed by atoms with van der Waals surface area (Å²) in [5, 5.41) is 6.81. The maximum Gasteiger partial charge on any atom is 0.234 e. The third-order valence-corrected chi connectivity index (χ3v) is 5.62. The van der Waals surface area contributed by atoms with Crippen LogP contribution in [0.15, 0.2) is 36.4 Å².